The average molecular weight is 190 g/mol. The van der Waals surface area contributed by atoms with Gasteiger partial charge in [0.1, 0.15) is 0 Å². The maximum absolute atomic E-state index is 3.46. The molecular formula is C10H10N2S. The predicted octanol–water partition coefficient (Wildman–Crippen LogP) is 2.81. The van der Waals surface area contributed by atoms with Gasteiger partial charge in [-0.05, 0) is 24.5 Å². The Balaban J connectivity index is 2.13. The topological polar surface area (TPSA) is 15.3 Å². The van der Waals surface area contributed by atoms with Gasteiger partial charge < -0.3 is 10.2 Å². The normalized spacial score (nSPS) is 23.6. The number of benzene rings is 1. The summed E-state index contributed by atoms with van der Waals surface area (Å²) in [6, 6.07) is 8.43. The molecular weight excluding hydrogens is 180 g/mol. The lowest BCUT2D eigenvalue weighted by molar-refractivity contribution is 0.981. The highest BCUT2D eigenvalue weighted by Gasteiger charge is 2.32. The molecule has 0 fully saturated rings. The second-order valence-electron chi connectivity index (χ2n) is 3.28. The lowest BCUT2D eigenvalue weighted by Gasteiger charge is -2.18. The highest BCUT2D eigenvalue weighted by Crippen LogP contribution is 2.44. The van der Waals surface area contributed by atoms with E-state index in [1.165, 1.54) is 17.1 Å². The number of hydrogen-bond donors (Lipinski definition) is 1. The molecule has 1 N–H and O–H groups in total. The lowest BCUT2D eigenvalue weighted by Crippen LogP contribution is -2.26. The van der Waals surface area contributed by atoms with E-state index in [0.717, 1.165) is 0 Å². The summed E-state index contributed by atoms with van der Waals surface area (Å²) in [5.41, 5.74) is 4.25. The number of nitrogens with zero attached hydrogens (tertiary/aromatic N) is 1. The van der Waals surface area contributed by atoms with Crippen molar-refractivity contribution in [2.24, 2.45) is 0 Å². The third-order valence-electron chi connectivity index (χ3n) is 2.42. The first-order valence-electron chi connectivity index (χ1n) is 4.33. The van der Waals surface area contributed by atoms with Gasteiger partial charge in [0.05, 0.1) is 11.4 Å². The number of fused-ring (bicyclic) bond motifs is 3. The summed E-state index contributed by atoms with van der Waals surface area (Å²) < 4.78 is 0. The van der Waals surface area contributed by atoms with Crippen molar-refractivity contribution in [3.8, 4) is 0 Å². The molecule has 0 saturated heterocycles. The Morgan fingerprint density at radius 2 is 2.23 bits per heavy atom. The van der Waals surface area contributed by atoms with Crippen LogP contribution in [0.2, 0.25) is 0 Å². The Bertz CT molecular complexity index is 386. The lowest BCUT2D eigenvalue weighted by atomic mass is 10.2. The van der Waals surface area contributed by atoms with Crippen LogP contribution in [0.15, 0.2) is 35.4 Å². The van der Waals surface area contributed by atoms with Crippen LogP contribution in [0, 0.1) is 0 Å². The minimum atomic E-state index is 0.386. The van der Waals surface area contributed by atoms with Crippen LogP contribution in [0.25, 0.3) is 0 Å². The van der Waals surface area contributed by atoms with Gasteiger partial charge in [-0.1, -0.05) is 23.9 Å². The second kappa shape index (κ2) is 2.45. The molecule has 3 rings (SSSR count). The van der Waals surface area contributed by atoms with Crippen LogP contribution in [0.1, 0.15) is 6.92 Å². The second-order valence-corrected chi connectivity index (χ2v) is 4.23. The predicted molar refractivity (Wildman–Crippen MR) is 57.7 cm³/mol. The molecule has 0 aromatic heterocycles. The first-order chi connectivity index (χ1) is 6.36. The summed E-state index contributed by atoms with van der Waals surface area (Å²) in [6.45, 7) is 2.15. The minimum Gasteiger partial charge on any atom is -0.354 e. The van der Waals surface area contributed by atoms with Gasteiger partial charge in [0.15, 0.2) is 5.50 Å². The molecule has 0 aliphatic carbocycles. The van der Waals surface area contributed by atoms with E-state index in [-0.39, 0.29) is 0 Å². The molecule has 2 aliphatic rings. The molecule has 2 nitrogen and oxygen atoms in total. The van der Waals surface area contributed by atoms with E-state index in [1.807, 2.05) is 11.8 Å². The molecule has 3 heteroatoms. The fourth-order valence-corrected chi connectivity index (χ4v) is 2.86. The van der Waals surface area contributed by atoms with E-state index in [9.17, 15) is 0 Å². The summed E-state index contributed by atoms with van der Waals surface area (Å²) in [5, 5.41) is 5.67. The summed E-state index contributed by atoms with van der Waals surface area (Å²) in [4.78, 5) is 2.33. The molecule has 0 radical (unpaired) electrons. The molecule has 0 spiro atoms. The quantitative estimate of drug-likeness (QED) is 0.677. The monoisotopic (exact) mass is 190 g/mol. The molecule has 0 bridgehead atoms. The zero-order chi connectivity index (χ0) is 8.84. The van der Waals surface area contributed by atoms with Crippen LogP contribution < -0.4 is 10.2 Å². The highest BCUT2D eigenvalue weighted by molar-refractivity contribution is 8.03. The molecule has 2 aliphatic heterocycles. The number of nitrogens with one attached hydrogen (secondary N) is 1. The zero-order valence-electron chi connectivity index (χ0n) is 7.32. The summed E-state index contributed by atoms with van der Waals surface area (Å²) in [7, 11) is 0. The van der Waals surface area contributed by atoms with Crippen LogP contribution >= 0.6 is 11.8 Å². The SMILES string of the molecule is CC1=CSC2Nc3ccccc3N12. The van der Waals surface area contributed by atoms with Gasteiger partial charge in [0.2, 0.25) is 0 Å². The maximum atomic E-state index is 3.46. The van der Waals surface area contributed by atoms with Gasteiger partial charge in [0.25, 0.3) is 0 Å². The highest BCUT2D eigenvalue weighted by atomic mass is 32.2. The summed E-state index contributed by atoms with van der Waals surface area (Å²) in [6.07, 6.45) is 0. The number of allylic oxidation sites excluding steroid dienone is 1. The molecule has 1 aromatic rings. The Morgan fingerprint density at radius 3 is 3.15 bits per heavy atom. The Hall–Kier alpha value is -1.09. The number of para-hydroxylation sites is 2. The van der Waals surface area contributed by atoms with Crippen molar-refractivity contribution in [2.45, 2.75) is 12.4 Å². The molecule has 2 heterocycles. The van der Waals surface area contributed by atoms with E-state index in [0.29, 0.717) is 5.50 Å². The largest absolute Gasteiger partial charge is 0.354 e. The van der Waals surface area contributed by atoms with Gasteiger partial charge in [-0.3, -0.25) is 0 Å². The Labute approximate surface area is 81.6 Å². The molecule has 1 atom stereocenters. The van der Waals surface area contributed by atoms with Gasteiger partial charge in [-0.2, -0.15) is 0 Å². The average Bonchev–Trinajstić information content (AvgIpc) is 2.66. The molecule has 13 heavy (non-hydrogen) atoms. The number of thioether (sulfide) groups is 1. The third kappa shape index (κ3) is 0.907. The maximum Gasteiger partial charge on any atom is 0.156 e. The molecule has 1 unspecified atom stereocenters. The van der Waals surface area contributed by atoms with Crippen molar-refractivity contribution >= 4 is 23.1 Å². The van der Waals surface area contributed by atoms with E-state index in [1.54, 1.807) is 0 Å². The number of hydrogen-bond acceptors (Lipinski definition) is 3. The van der Waals surface area contributed by atoms with Crippen molar-refractivity contribution in [1.82, 2.24) is 0 Å². The van der Waals surface area contributed by atoms with Crippen LogP contribution in [-0.4, -0.2) is 5.50 Å². The van der Waals surface area contributed by atoms with Gasteiger partial charge in [-0.25, -0.2) is 0 Å². The van der Waals surface area contributed by atoms with Gasteiger partial charge in [0, 0.05) is 5.70 Å². The fourth-order valence-electron chi connectivity index (χ4n) is 1.82. The molecule has 66 valence electrons. The zero-order valence-corrected chi connectivity index (χ0v) is 8.14. The van der Waals surface area contributed by atoms with Crippen molar-refractivity contribution in [1.29, 1.82) is 0 Å². The van der Waals surface area contributed by atoms with Crippen molar-refractivity contribution in [3.05, 3.63) is 35.4 Å². The standard InChI is InChI=1S/C10H10N2S/c1-7-6-13-10-11-8-4-2-3-5-9(8)12(7)10/h2-6,10-11H,1H3. The molecule has 1 aromatic carbocycles. The molecule has 0 amide bonds. The van der Waals surface area contributed by atoms with Gasteiger partial charge >= 0.3 is 0 Å². The van der Waals surface area contributed by atoms with E-state index >= 15 is 0 Å². The molecule has 0 saturated carbocycles. The first kappa shape index (κ1) is 7.33. The van der Waals surface area contributed by atoms with Crippen LogP contribution in [-0.2, 0) is 0 Å². The summed E-state index contributed by atoms with van der Waals surface area (Å²) >= 11 is 1.83. The van der Waals surface area contributed by atoms with E-state index < -0.39 is 0 Å². The van der Waals surface area contributed by atoms with E-state index in [2.05, 4.69) is 46.8 Å². The fraction of sp³-hybridized carbons (Fsp3) is 0.200. The smallest absolute Gasteiger partial charge is 0.156 e. The van der Waals surface area contributed by atoms with Gasteiger partial charge in [-0.15, -0.1) is 0 Å². The van der Waals surface area contributed by atoms with Crippen LogP contribution in [0.5, 0.6) is 0 Å². The van der Waals surface area contributed by atoms with Crippen molar-refractivity contribution in [3.63, 3.8) is 0 Å². The summed E-state index contributed by atoms with van der Waals surface area (Å²) in [5.74, 6) is 0. The number of rotatable bonds is 0. The van der Waals surface area contributed by atoms with Crippen LogP contribution in [0.3, 0.4) is 0 Å². The minimum absolute atomic E-state index is 0.386. The number of anilines is 2. The third-order valence-corrected chi connectivity index (χ3v) is 3.49. The Morgan fingerprint density at radius 1 is 1.38 bits per heavy atom. The van der Waals surface area contributed by atoms with Crippen LogP contribution in [0.4, 0.5) is 11.4 Å². The Kier molecular flexibility index (Phi) is 1.38. The van der Waals surface area contributed by atoms with E-state index in [4.69, 9.17) is 0 Å². The van der Waals surface area contributed by atoms with Crippen molar-refractivity contribution in [2.75, 3.05) is 10.2 Å². The first-order valence-corrected chi connectivity index (χ1v) is 5.27. The van der Waals surface area contributed by atoms with Crippen molar-refractivity contribution < 1.29 is 0 Å².